The molecule has 92 valence electrons. The molecule has 1 aliphatic heterocycles. The summed E-state index contributed by atoms with van der Waals surface area (Å²) in [6.07, 6.45) is 0.817. The highest BCUT2D eigenvalue weighted by Crippen LogP contribution is 2.24. The van der Waals surface area contributed by atoms with Crippen LogP contribution >= 0.6 is 0 Å². The Hall–Kier alpha value is -1.55. The average molecular weight is 234 g/mol. The Morgan fingerprint density at radius 2 is 2.12 bits per heavy atom. The van der Waals surface area contributed by atoms with Gasteiger partial charge in [-0.25, -0.2) is 0 Å². The molecule has 1 amide bonds. The number of nitrogens with two attached hydrogens (primary N) is 1. The third-order valence-electron chi connectivity index (χ3n) is 3.04. The lowest BCUT2D eigenvalue weighted by Crippen LogP contribution is -2.52. The molecular formula is C13H18N2O2. The van der Waals surface area contributed by atoms with Crippen LogP contribution in [0.5, 0.6) is 5.75 Å². The van der Waals surface area contributed by atoms with Gasteiger partial charge in [-0.1, -0.05) is 6.07 Å². The number of nitrogens with zero attached hydrogens (tertiary/aromatic N) is 1. The normalized spacial score (nSPS) is 15.6. The fourth-order valence-corrected chi connectivity index (χ4v) is 2.12. The first-order chi connectivity index (χ1) is 7.88. The van der Waals surface area contributed by atoms with E-state index in [0.717, 1.165) is 12.0 Å². The van der Waals surface area contributed by atoms with Crippen LogP contribution < -0.4 is 5.73 Å². The molecule has 0 aromatic heterocycles. The van der Waals surface area contributed by atoms with Gasteiger partial charge < -0.3 is 15.7 Å². The Labute approximate surface area is 101 Å². The highest BCUT2D eigenvalue weighted by Gasteiger charge is 2.30. The Morgan fingerprint density at radius 1 is 1.41 bits per heavy atom. The first kappa shape index (κ1) is 11.9. The lowest BCUT2D eigenvalue weighted by atomic mass is 9.97. The van der Waals surface area contributed by atoms with E-state index in [1.165, 1.54) is 5.56 Å². The summed E-state index contributed by atoms with van der Waals surface area (Å²) in [6, 6.07) is 5.32. The van der Waals surface area contributed by atoms with Gasteiger partial charge in [0.1, 0.15) is 5.75 Å². The van der Waals surface area contributed by atoms with Crippen molar-refractivity contribution in [3.8, 4) is 5.75 Å². The minimum absolute atomic E-state index is 0.0495. The summed E-state index contributed by atoms with van der Waals surface area (Å²) in [7, 11) is 0. The van der Waals surface area contributed by atoms with Gasteiger partial charge in [0.05, 0.1) is 5.54 Å². The van der Waals surface area contributed by atoms with Crippen molar-refractivity contribution in [2.24, 2.45) is 5.73 Å². The maximum atomic E-state index is 12.1. The van der Waals surface area contributed by atoms with E-state index in [2.05, 4.69) is 0 Å². The fourth-order valence-electron chi connectivity index (χ4n) is 2.12. The van der Waals surface area contributed by atoms with Crippen molar-refractivity contribution in [3.05, 3.63) is 29.3 Å². The van der Waals surface area contributed by atoms with Crippen LogP contribution in [0.1, 0.15) is 25.0 Å². The van der Waals surface area contributed by atoms with Gasteiger partial charge in [-0.05, 0) is 43.5 Å². The van der Waals surface area contributed by atoms with Gasteiger partial charge in [0.15, 0.2) is 0 Å². The fraction of sp³-hybridized carbons (Fsp3) is 0.462. The van der Waals surface area contributed by atoms with E-state index in [4.69, 9.17) is 5.73 Å². The van der Waals surface area contributed by atoms with Crippen LogP contribution in [0.3, 0.4) is 0 Å². The topological polar surface area (TPSA) is 66.6 Å². The van der Waals surface area contributed by atoms with E-state index in [0.29, 0.717) is 13.1 Å². The summed E-state index contributed by atoms with van der Waals surface area (Å²) < 4.78 is 0. The second-order valence-corrected chi connectivity index (χ2v) is 5.15. The second kappa shape index (κ2) is 4.04. The van der Waals surface area contributed by atoms with Crippen LogP contribution in [0.15, 0.2) is 18.2 Å². The summed E-state index contributed by atoms with van der Waals surface area (Å²) in [5, 5.41) is 9.44. The smallest absolute Gasteiger partial charge is 0.242 e. The standard InChI is InChI=1S/C13H18N2O2/c1-13(2,14)12(17)15-6-5-9-3-4-11(16)7-10(9)8-15/h3-4,7,16H,5-6,8,14H2,1-2H3. The zero-order valence-corrected chi connectivity index (χ0v) is 10.2. The first-order valence-corrected chi connectivity index (χ1v) is 5.77. The highest BCUT2D eigenvalue weighted by molar-refractivity contribution is 5.85. The molecule has 0 saturated heterocycles. The van der Waals surface area contributed by atoms with Gasteiger partial charge >= 0.3 is 0 Å². The van der Waals surface area contributed by atoms with Crippen LogP contribution in [0.2, 0.25) is 0 Å². The number of amides is 1. The maximum absolute atomic E-state index is 12.1. The number of hydrogen-bond acceptors (Lipinski definition) is 3. The van der Waals surface area contributed by atoms with Crippen molar-refractivity contribution >= 4 is 5.91 Å². The van der Waals surface area contributed by atoms with Crippen LogP contribution in [0.4, 0.5) is 0 Å². The highest BCUT2D eigenvalue weighted by atomic mass is 16.3. The molecule has 0 spiro atoms. The Balaban J connectivity index is 2.21. The number of hydrogen-bond donors (Lipinski definition) is 2. The maximum Gasteiger partial charge on any atom is 0.242 e. The largest absolute Gasteiger partial charge is 0.508 e. The molecule has 4 nitrogen and oxygen atoms in total. The summed E-state index contributed by atoms with van der Waals surface area (Å²) in [5.74, 6) is 0.191. The molecule has 17 heavy (non-hydrogen) atoms. The summed E-state index contributed by atoms with van der Waals surface area (Å²) in [6.45, 7) is 4.65. The first-order valence-electron chi connectivity index (χ1n) is 5.77. The molecule has 1 heterocycles. The van der Waals surface area contributed by atoms with Crippen LogP contribution in [0.25, 0.3) is 0 Å². The minimum atomic E-state index is -0.839. The summed E-state index contributed by atoms with van der Waals surface area (Å²) >= 11 is 0. The molecule has 0 unspecified atom stereocenters. The quantitative estimate of drug-likeness (QED) is 0.762. The third kappa shape index (κ3) is 2.42. The zero-order valence-electron chi connectivity index (χ0n) is 10.2. The molecule has 0 aliphatic carbocycles. The van der Waals surface area contributed by atoms with Crippen molar-refractivity contribution in [3.63, 3.8) is 0 Å². The number of carbonyl (C=O) groups excluding carboxylic acids is 1. The van der Waals surface area contributed by atoms with Crippen molar-refractivity contribution in [2.45, 2.75) is 32.4 Å². The van der Waals surface area contributed by atoms with Crippen molar-refractivity contribution < 1.29 is 9.90 Å². The molecule has 4 heteroatoms. The number of rotatable bonds is 1. The number of benzene rings is 1. The molecule has 0 atom stereocenters. The third-order valence-corrected chi connectivity index (χ3v) is 3.04. The molecule has 1 aromatic rings. The number of phenols is 1. The number of fused-ring (bicyclic) bond motifs is 1. The average Bonchev–Trinajstić information content (AvgIpc) is 2.25. The van der Waals surface area contributed by atoms with Gasteiger partial charge in [0.25, 0.3) is 0 Å². The molecule has 0 saturated carbocycles. The number of aromatic hydroxyl groups is 1. The van der Waals surface area contributed by atoms with E-state index in [1.54, 1.807) is 30.9 Å². The molecule has 0 bridgehead atoms. The van der Waals surface area contributed by atoms with Crippen molar-refractivity contribution in [2.75, 3.05) is 6.54 Å². The number of carbonyl (C=O) groups is 1. The van der Waals surface area contributed by atoms with Gasteiger partial charge in [-0.15, -0.1) is 0 Å². The molecular weight excluding hydrogens is 216 g/mol. The lowest BCUT2D eigenvalue weighted by molar-refractivity contribution is -0.136. The van der Waals surface area contributed by atoms with Gasteiger partial charge in [0.2, 0.25) is 5.91 Å². The molecule has 1 aliphatic rings. The molecule has 3 N–H and O–H groups in total. The van der Waals surface area contributed by atoms with Crippen molar-refractivity contribution in [1.82, 2.24) is 4.90 Å². The summed E-state index contributed by atoms with van der Waals surface area (Å²) in [5.41, 5.74) is 7.18. The van der Waals surface area contributed by atoms with E-state index in [9.17, 15) is 9.90 Å². The predicted octanol–water partition coefficient (Wildman–Crippen LogP) is 1.01. The van der Waals surface area contributed by atoms with Gasteiger partial charge in [-0.2, -0.15) is 0 Å². The van der Waals surface area contributed by atoms with E-state index in [1.807, 2.05) is 6.07 Å². The minimum Gasteiger partial charge on any atom is -0.508 e. The van der Waals surface area contributed by atoms with Crippen LogP contribution in [-0.4, -0.2) is 28.0 Å². The Bertz CT molecular complexity index is 449. The molecule has 2 rings (SSSR count). The monoisotopic (exact) mass is 234 g/mol. The zero-order chi connectivity index (χ0) is 12.6. The SMILES string of the molecule is CC(C)(N)C(=O)N1CCc2ccc(O)cc2C1. The number of phenolic OH excluding ortho intramolecular Hbond substituents is 1. The Kier molecular flexibility index (Phi) is 2.83. The van der Waals surface area contributed by atoms with Gasteiger partial charge in [-0.3, -0.25) is 4.79 Å². The van der Waals surface area contributed by atoms with Crippen LogP contribution in [0, 0.1) is 0 Å². The predicted molar refractivity (Wildman–Crippen MR) is 65.5 cm³/mol. The van der Waals surface area contributed by atoms with E-state index in [-0.39, 0.29) is 11.7 Å². The molecule has 0 fully saturated rings. The second-order valence-electron chi connectivity index (χ2n) is 5.15. The van der Waals surface area contributed by atoms with Crippen LogP contribution in [-0.2, 0) is 17.8 Å². The van der Waals surface area contributed by atoms with Crippen molar-refractivity contribution in [1.29, 1.82) is 0 Å². The summed E-state index contributed by atoms with van der Waals surface area (Å²) in [4.78, 5) is 13.8. The van der Waals surface area contributed by atoms with Gasteiger partial charge in [0, 0.05) is 13.1 Å². The molecule has 1 aromatic carbocycles. The van der Waals surface area contributed by atoms with E-state index >= 15 is 0 Å². The van der Waals surface area contributed by atoms with E-state index < -0.39 is 5.54 Å². The Morgan fingerprint density at radius 3 is 2.76 bits per heavy atom. The lowest BCUT2D eigenvalue weighted by Gasteiger charge is -2.33. The molecule has 0 radical (unpaired) electrons.